The van der Waals surface area contributed by atoms with Crippen LogP contribution < -0.4 is 0 Å². The second kappa shape index (κ2) is 5.55. The van der Waals surface area contributed by atoms with Crippen molar-refractivity contribution in [3.8, 4) is 0 Å². The zero-order valence-electron chi connectivity index (χ0n) is 9.69. The van der Waals surface area contributed by atoms with Gasteiger partial charge in [-0.25, -0.2) is 0 Å². The van der Waals surface area contributed by atoms with Crippen LogP contribution in [0.15, 0.2) is 28.9 Å². The third-order valence-corrected chi connectivity index (χ3v) is 3.40. The fraction of sp³-hybridized carbons (Fsp3) is 0.100. The second-order valence-corrected chi connectivity index (χ2v) is 5.01. The predicted octanol–water partition coefficient (Wildman–Crippen LogP) is 3.16. The predicted molar refractivity (Wildman–Crippen MR) is 73.8 cm³/mol. The van der Waals surface area contributed by atoms with E-state index in [2.05, 4.69) is 21.0 Å². The van der Waals surface area contributed by atoms with Crippen molar-refractivity contribution in [3.05, 3.63) is 59.7 Å². The second-order valence-electron chi connectivity index (χ2n) is 3.75. The summed E-state index contributed by atoms with van der Waals surface area (Å²) in [6.07, 6.45) is 1.37. The van der Waals surface area contributed by atoms with Crippen molar-refractivity contribution in [1.82, 2.24) is 9.78 Å². The first-order chi connectivity index (χ1) is 9.40. The van der Waals surface area contributed by atoms with Gasteiger partial charge in [0.1, 0.15) is 4.47 Å². The van der Waals surface area contributed by atoms with Crippen LogP contribution in [0, 0.1) is 20.2 Å². The Kier molecular flexibility index (Phi) is 4.00. The molecule has 8 nitrogen and oxygen atoms in total. The van der Waals surface area contributed by atoms with E-state index in [1.165, 1.54) is 29.1 Å². The molecule has 0 amide bonds. The monoisotopic (exact) mass is 360 g/mol. The Bertz CT molecular complexity index is 703. The van der Waals surface area contributed by atoms with Crippen LogP contribution in [0.25, 0.3) is 0 Å². The van der Waals surface area contributed by atoms with E-state index in [0.29, 0.717) is 0 Å². The topological polar surface area (TPSA) is 104 Å². The standard InChI is InChI=1S/C10H6BrClN4O4/c11-7-5-14(13-10(7)16(19)20)4-6-8(12)2-1-3-9(6)15(17)18/h1-3,5H,4H2. The zero-order valence-corrected chi connectivity index (χ0v) is 12.0. The summed E-state index contributed by atoms with van der Waals surface area (Å²) >= 11 is 8.95. The van der Waals surface area contributed by atoms with Crippen molar-refractivity contribution >= 4 is 39.0 Å². The van der Waals surface area contributed by atoms with E-state index in [0.717, 1.165) is 0 Å². The molecule has 0 saturated carbocycles. The van der Waals surface area contributed by atoms with E-state index in [1.54, 1.807) is 0 Å². The van der Waals surface area contributed by atoms with Gasteiger partial charge in [-0.05, 0) is 26.9 Å². The molecule has 0 bridgehead atoms. The molecule has 0 N–H and O–H groups in total. The molecule has 0 radical (unpaired) electrons. The molecular formula is C10H6BrClN4O4. The van der Waals surface area contributed by atoms with Crippen LogP contribution in [0.1, 0.15) is 5.56 Å². The zero-order chi connectivity index (χ0) is 14.9. The normalized spacial score (nSPS) is 10.5. The summed E-state index contributed by atoms with van der Waals surface area (Å²) in [4.78, 5) is 20.4. The maximum absolute atomic E-state index is 10.9. The molecule has 0 atom stereocenters. The lowest BCUT2D eigenvalue weighted by molar-refractivity contribution is -0.390. The molecule has 0 aliphatic heterocycles. The minimum Gasteiger partial charge on any atom is -0.358 e. The average molecular weight is 362 g/mol. The quantitative estimate of drug-likeness (QED) is 0.614. The van der Waals surface area contributed by atoms with Gasteiger partial charge in [0.25, 0.3) is 5.69 Å². The number of halogens is 2. The molecule has 20 heavy (non-hydrogen) atoms. The van der Waals surface area contributed by atoms with Crippen molar-refractivity contribution < 1.29 is 9.85 Å². The number of nitrogens with zero attached hydrogens (tertiary/aromatic N) is 4. The number of nitro benzene ring substituents is 1. The Morgan fingerprint density at radius 1 is 1.30 bits per heavy atom. The van der Waals surface area contributed by atoms with Crippen LogP contribution in [0.2, 0.25) is 5.02 Å². The van der Waals surface area contributed by atoms with Crippen LogP contribution in [0.3, 0.4) is 0 Å². The number of hydrogen-bond acceptors (Lipinski definition) is 5. The van der Waals surface area contributed by atoms with Crippen LogP contribution in [-0.2, 0) is 6.54 Å². The summed E-state index contributed by atoms with van der Waals surface area (Å²) in [5.74, 6) is -0.361. The molecule has 10 heteroatoms. The maximum atomic E-state index is 10.9. The fourth-order valence-electron chi connectivity index (χ4n) is 1.63. The molecule has 0 spiro atoms. The van der Waals surface area contributed by atoms with Gasteiger partial charge in [0.2, 0.25) is 0 Å². The Hall–Kier alpha value is -2.00. The molecule has 0 saturated heterocycles. The number of rotatable bonds is 4. The SMILES string of the molecule is O=[N+]([O-])c1cccc(Cl)c1Cn1cc(Br)c([N+](=O)[O-])n1. The lowest BCUT2D eigenvalue weighted by atomic mass is 10.2. The highest BCUT2D eigenvalue weighted by Gasteiger charge is 2.22. The Labute approximate surface area is 125 Å². The van der Waals surface area contributed by atoms with Gasteiger partial charge in [-0.15, -0.1) is 0 Å². The van der Waals surface area contributed by atoms with Crippen molar-refractivity contribution in [2.24, 2.45) is 0 Å². The molecule has 0 fully saturated rings. The van der Waals surface area contributed by atoms with E-state index < -0.39 is 9.85 Å². The average Bonchev–Trinajstić information content (AvgIpc) is 2.72. The summed E-state index contributed by atoms with van der Waals surface area (Å²) in [6.45, 7) is -0.0393. The summed E-state index contributed by atoms with van der Waals surface area (Å²) in [5, 5.41) is 25.6. The molecule has 0 unspecified atom stereocenters. The van der Waals surface area contributed by atoms with Crippen molar-refractivity contribution in [3.63, 3.8) is 0 Å². The molecule has 1 heterocycles. The molecule has 1 aromatic carbocycles. The summed E-state index contributed by atoms with van der Waals surface area (Å²) in [6, 6.07) is 4.29. The highest BCUT2D eigenvalue weighted by molar-refractivity contribution is 9.10. The van der Waals surface area contributed by atoms with Gasteiger partial charge in [-0.2, -0.15) is 4.68 Å². The molecule has 1 aromatic heterocycles. The van der Waals surface area contributed by atoms with Gasteiger partial charge in [0.15, 0.2) is 0 Å². The van der Waals surface area contributed by atoms with E-state index in [-0.39, 0.29) is 33.1 Å². The van der Waals surface area contributed by atoms with Gasteiger partial charge in [0, 0.05) is 6.07 Å². The molecular weight excluding hydrogens is 355 g/mol. The van der Waals surface area contributed by atoms with Crippen molar-refractivity contribution in [1.29, 1.82) is 0 Å². The third kappa shape index (κ3) is 2.78. The molecule has 0 aliphatic rings. The molecule has 104 valence electrons. The molecule has 0 aliphatic carbocycles. The van der Waals surface area contributed by atoms with Gasteiger partial charge in [0.05, 0.1) is 33.3 Å². The lowest BCUT2D eigenvalue weighted by Gasteiger charge is -2.03. The number of nitro groups is 2. The summed E-state index contributed by atoms with van der Waals surface area (Å²) in [5.41, 5.74) is 0.0795. The highest BCUT2D eigenvalue weighted by atomic mass is 79.9. The van der Waals surface area contributed by atoms with Gasteiger partial charge in [-0.1, -0.05) is 17.7 Å². The van der Waals surface area contributed by atoms with Crippen LogP contribution >= 0.6 is 27.5 Å². The van der Waals surface area contributed by atoms with Crippen molar-refractivity contribution in [2.45, 2.75) is 6.54 Å². The molecule has 2 rings (SSSR count). The van der Waals surface area contributed by atoms with E-state index in [1.807, 2.05) is 0 Å². The number of aromatic nitrogens is 2. The summed E-state index contributed by atoms with van der Waals surface area (Å²) in [7, 11) is 0. The van der Waals surface area contributed by atoms with E-state index in [4.69, 9.17) is 11.6 Å². The van der Waals surface area contributed by atoms with Crippen molar-refractivity contribution in [2.75, 3.05) is 0 Å². The summed E-state index contributed by atoms with van der Waals surface area (Å²) < 4.78 is 1.41. The Morgan fingerprint density at radius 2 is 2.00 bits per heavy atom. The maximum Gasteiger partial charge on any atom is 0.404 e. The Morgan fingerprint density at radius 3 is 2.55 bits per heavy atom. The van der Waals surface area contributed by atoms with E-state index in [9.17, 15) is 20.2 Å². The number of benzene rings is 1. The first-order valence-corrected chi connectivity index (χ1v) is 6.36. The molecule has 2 aromatic rings. The minimum absolute atomic E-state index is 0.0393. The first kappa shape index (κ1) is 14.4. The van der Waals surface area contributed by atoms with Gasteiger partial charge in [-0.3, -0.25) is 10.1 Å². The minimum atomic E-state index is -0.651. The van der Waals surface area contributed by atoms with Crippen LogP contribution in [0.4, 0.5) is 11.5 Å². The number of hydrogen-bond donors (Lipinski definition) is 0. The lowest BCUT2D eigenvalue weighted by Crippen LogP contribution is -2.05. The third-order valence-electron chi connectivity index (χ3n) is 2.48. The Balaban J connectivity index is 2.42. The highest BCUT2D eigenvalue weighted by Crippen LogP contribution is 2.28. The van der Waals surface area contributed by atoms with Gasteiger partial charge >= 0.3 is 5.82 Å². The fourth-order valence-corrected chi connectivity index (χ4v) is 2.32. The van der Waals surface area contributed by atoms with E-state index >= 15 is 0 Å². The largest absolute Gasteiger partial charge is 0.404 e. The smallest absolute Gasteiger partial charge is 0.358 e. The first-order valence-electron chi connectivity index (χ1n) is 5.19. The van der Waals surface area contributed by atoms with Crippen LogP contribution in [-0.4, -0.2) is 19.6 Å². The van der Waals surface area contributed by atoms with Crippen LogP contribution in [0.5, 0.6) is 0 Å². The van der Waals surface area contributed by atoms with Gasteiger partial charge < -0.3 is 10.1 Å².